The van der Waals surface area contributed by atoms with Crippen molar-refractivity contribution in [1.29, 1.82) is 0 Å². The lowest BCUT2D eigenvalue weighted by atomic mass is 9.93. The van der Waals surface area contributed by atoms with Gasteiger partial charge in [-0.2, -0.15) is 13.2 Å². The summed E-state index contributed by atoms with van der Waals surface area (Å²) in [5.41, 5.74) is 1.83. The molecule has 3 aromatic carbocycles. The molecule has 0 heterocycles. The highest BCUT2D eigenvalue weighted by Crippen LogP contribution is 2.38. The first-order chi connectivity index (χ1) is 18.6. The SMILES string of the molecule is COc1cc(C)c([C@H](C)NC(=O)CN(c2ccc(Cl)c(C(F)(F)F)c2)S(=O)(=O)c2ccc(C)cc2)cc1C(C)C. The number of methoxy groups -OCH3 is 1. The number of nitrogens with one attached hydrogen (secondary N) is 1. The van der Waals surface area contributed by atoms with Gasteiger partial charge in [0.25, 0.3) is 10.0 Å². The quantitative estimate of drug-likeness (QED) is 0.284. The number of hydrogen-bond acceptors (Lipinski definition) is 4. The second kappa shape index (κ2) is 12.1. The molecule has 1 N–H and O–H groups in total. The van der Waals surface area contributed by atoms with Crippen molar-refractivity contribution < 1.29 is 31.1 Å². The molecule has 0 saturated heterocycles. The maximum atomic E-state index is 13.6. The summed E-state index contributed by atoms with van der Waals surface area (Å²) in [6.45, 7) is 8.64. The highest BCUT2D eigenvalue weighted by molar-refractivity contribution is 7.92. The minimum absolute atomic E-state index is 0.139. The van der Waals surface area contributed by atoms with Crippen molar-refractivity contribution in [3.8, 4) is 5.75 Å². The molecule has 0 radical (unpaired) electrons. The fourth-order valence-electron chi connectivity index (χ4n) is 4.34. The number of benzene rings is 3. The van der Waals surface area contributed by atoms with E-state index in [4.69, 9.17) is 16.3 Å². The molecule has 1 amide bonds. The molecule has 6 nitrogen and oxygen atoms in total. The summed E-state index contributed by atoms with van der Waals surface area (Å²) in [5.74, 6) is 0.154. The van der Waals surface area contributed by atoms with Crippen molar-refractivity contribution in [1.82, 2.24) is 5.32 Å². The van der Waals surface area contributed by atoms with E-state index in [0.717, 1.165) is 34.4 Å². The number of nitrogens with zero attached hydrogens (tertiary/aromatic N) is 1. The molecule has 3 rings (SSSR count). The second-order valence-corrected chi connectivity index (χ2v) is 12.2. The number of ether oxygens (including phenoxy) is 1. The van der Waals surface area contributed by atoms with E-state index >= 15 is 0 Å². The fraction of sp³-hybridized carbons (Fsp3) is 0.345. The topological polar surface area (TPSA) is 75.7 Å². The Morgan fingerprint density at radius 1 is 1.00 bits per heavy atom. The van der Waals surface area contributed by atoms with E-state index < -0.39 is 45.3 Å². The summed E-state index contributed by atoms with van der Waals surface area (Å²) in [6.07, 6.45) is -4.83. The van der Waals surface area contributed by atoms with Crippen LogP contribution in [0.2, 0.25) is 5.02 Å². The van der Waals surface area contributed by atoms with Gasteiger partial charge in [0.2, 0.25) is 5.91 Å². The maximum Gasteiger partial charge on any atom is 0.417 e. The van der Waals surface area contributed by atoms with Crippen LogP contribution in [0.4, 0.5) is 18.9 Å². The molecule has 0 aliphatic heterocycles. The van der Waals surface area contributed by atoms with Gasteiger partial charge in [-0.25, -0.2) is 8.42 Å². The molecule has 0 saturated carbocycles. The number of sulfonamides is 1. The largest absolute Gasteiger partial charge is 0.496 e. The average molecular weight is 597 g/mol. The summed E-state index contributed by atoms with van der Waals surface area (Å²) in [4.78, 5) is 13.1. The number of anilines is 1. The maximum absolute atomic E-state index is 13.6. The molecule has 40 heavy (non-hydrogen) atoms. The van der Waals surface area contributed by atoms with E-state index in [1.807, 2.05) is 32.9 Å². The van der Waals surface area contributed by atoms with Gasteiger partial charge in [0, 0.05) is 0 Å². The summed E-state index contributed by atoms with van der Waals surface area (Å²) >= 11 is 5.77. The van der Waals surface area contributed by atoms with Gasteiger partial charge in [-0.15, -0.1) is 0 Å². The van der Waals surface area contributed by atoms with Gasteiger partial charge in [0.15, 0.2) is 0 Å². The standard InChI is InChI=1S/C29H32ClF3N2O4S/c1-17(2)23-15-24(19(4)13-27(23)39-6)20(5)34-28(36)16-35(40(37,38)22-10-7-18(3)8-11-22)21-9-12-26(30)25(14-21)29(31,32)33/h7-15,17,20H,16H2,1-6H3,(H,34,36)/t20-/m0/s1. The van der Waals surface area contributed by atoms with E-state index in [-0.39, 0.29) is 16.5 Å². The highest BCUT2D eigenvalue weighted by Gasteiger charge is 2.35. The van der Waals surface area contributed by atoms with Crippen molar-refractivity contribution in [3.05, 3.63) is 87.4 Å². The molecule has 1 atom stereocenters. The molecule has 0 spiro atoms. The summed E-state index contributed by atoms with van der Waals surface area (Å²) in [7, 11) is -2.85. The van der Waals surface area contributed by atoms with Crippen molar-refractivity contribution in [3.63, 3.8) is 0 Å². The third-order valence-electron chi connectivity index (χ3n) is 6.52. The first kappa shape index (κ1) is 31.3. The van der Waals surface area contributed by atoms with E-state index in [1.54, 1.807) is 33.1 Å². The van der Waals surface area contributed by atoms with Crippen LogP contribution >= 0.6 is 11.6 Å². The lowest BCUT2D eigenvalue weighted by Gasteiger charge is -2.26. The number of rotatable bonds is 9. The smallest absolute Gasteiger partial charge is 0.417 e. The van der Waals surface area contributed by atoms with Gasteiger partial charge >= 0.3 is 6.18 Å². The van der Waals surface area contributed by atoms with Crippen LogP contribution in [0.3, 0.4) is 0 Å². The van der Waals surface area contributed by atoms with Crippen LogP contribution in [-0.2, 0) is 21.0 Å². The third-order valence-corrected chi connectivity index (χ3v) is 8.64. The van der Waals surface area contributed by atoms with Crippen molar-refractivity contribution in [2.24, 2.45) is 0 Å². The molecule has 0 aliphatic rings. The van der Waals surface area contributed by atoms with E-state index in [9.17, 15) is 26.4 Å². The Kier molecular flexibility index (Phi) is 9.46. The van der Waals surface area contributed by atoms with Gasteiger partial charge in [-0.3, -0.25) is 9.10 Å². The molecule has 0 bridgehead atoms. The summed E-state index contributed by atoms with van der Waals surface area (Å²) in [5, 5.41) is 2.21. The molecular weight excluding hydrogens is 565 g/mol. The molecule has 0 unspecified atom stereocenters. The van der Waals surface area contributed by atoms with Crippen LogP contribution in [-0.4, -0.2) is 28.0 Å². The Labute approximate surface area is 238 Å². The molecule has 0 fully saturated rings. The number of hydrogen-bond donors (Lipinski definition) is 1. The number of aryl methyl sites for hydroxylation is 2. The van der Waals surface area contributed by atoms with Crippen LogP contribution < -0.4 is 14.4 Å². The summed E-state index contributed by atoms with van der Waals surface area (Å²) in [6, 6.07) is 11.8. The Hall–Kier alpha value is -3.24. The molecule has 0 aliphatic carbocycles. The monoisotopic (exact) mass is 596 g/mol. The number of carbonyl (C=O) groups is 1. The minimum atomic E-state index is -4.83. The van der Waals surface area contributed by atoms with E-state index in [2.05, 4.69) is 5.32 Å². The average Bonchev–Trinajstić information content (AvgIpc) is 2.86. The van der Waals surface area contributed by atoms with Crippen LogP contribution in [0, 0.1) is 13.8 Å². The zero-order valence-corrected chi connectivity index (χ0v) is 24.6. The molecule has 0 aromatic heterocycles. The number of alkyl halides is 3. The van der Waals surface area contributed by atoms with Crippen LogP contribution in [0.25, 0.3) is 0 Å². The Bertz CT molecular complexity index is 1490. The Morgan fingerprint density at radius 3 is 2.17 bits per heavy atom. The van der Waals surface area contributed by atoms with Gasteiger partial charge in [0.05, 0.1) is 34.3 Å². The lowest BCUT2D eigenvalue weighted by molar-refractivity contribution is -0.137. The van der Waals surface area contributed by atoms with Gasteiger partial charge in [0.1, 0.15) is 12.3 Å². The normalized spacial score (nSPS) is 12.8. The van der Waals surface area contributed by atoms with Crippen molar-refractivity contribution in [2.75, 3.05) is 18.0 Å². The highest BCUT2D eigenvalue weighted by atomic mass is 35.5. The third kappa shape index (κ3) is 6.90. The zero-order chi connectivity index (χ0) is 30.0. The van der Waals surface area contributed by atoms with Crippen LogP contribution in [0.5, 0.6) is 5.75 Å². The molecule has 3 aromatic rings. The first-order valence-corrected chi connectivity index (χ1v) is 14.3. The Balaban J connectivity index is 2.01. The first-order valence-electron chi connectivity index (χ1n) is 12.5. The van der Waals surface area contributed by atoms with Gasteiger partial charge in [-0.1, -0.05) is 43.1 Å². The van der Waals surface area contributed by atoms with E-state index in [0.29, 0.717) is 16.1 Å². The van der Waals surface area contributed by atoms with Crippen molar-refractivity contribution >= 4 is 33.2 Å². The molecular formula is C29H32ClF3N2O4S. The minimum Gasteiger partial charge on any atom is -0.496 e. The van der Waals surface area contributed by atoms with Gasteiger partial charge in [-0.05, 0) is 85.8 Å². The number of carbonyl (C=O) groups excluding carboxylic acids is 1. The van der Waals surface area contributed by atoms with Gasteiger partial charge < -0.3 is 10.1 Å². The fourth-order valence-corrected chi connectivity index (χ4v) is 5.98. The number of amides is 1. The van der Waals surface area contributed by atoms with Crippen LogP contribution in [0.15, 0.2) is 59.5 Å². The predicted molar refractivity (Wildman–Crippen MR) is 151 cm³/mol. The lowest BCUT2D eigenvalue weighted by Crippen LogP contribution is -2.41. The van der Waals surface area contributed by atoms with Crippen LogP contribution in [0.1, 0.15) is 60.5 Å². The molecule has 216 valence electrons. The predicted octanol–water partition coefficient (Wildman–Crippen LogP) is 7.18. The molecule has 11 heteroatoms. The number of halogens is 4. The summed E-state index contributed by atoms with van der Waals surface area (Å²) < 4.78 is 74.3. The Morgan fingerprint density at radius 2 is 1.62 bits per heavy atom. The second-order valence-electron chi connectivity index (χ2n) is 9.88. The zero-order valence-electron chi connectivity index (χ0n) is 23.1. The van der Waals surface area contributed by atoms with Crippen molar-refractivity contribution in [2.45, 2.75) is 57.7 Å². The van der Waals surface area contributed by atoms with E-state index in [1.165, 1.54) is 12.1 Å².